The Morgan fingerprint density at radius 3 is 2.11 bits per heavy atom. The number of methoxy groups -OCH3 is 2. The number of carbonyl (C=O) groups excluding carboxylic acids is 1. The van der Waals surface area contributed by atoms with Gasteiger partial charge in [0.25, 0.3) is 0 Å². The number of hydrogen-bond donors (Lipinski definition) is 0. The van der Waals surface area contributed by atoms with Gasteiger partial charge in [0, 0.05) is 50.2 Å². The van der Waals surface area contributed by atoms with E-state index < -0.39 is 70.1 Å². The maximum atomic E-state index is 18.1. The summed E-state index contributed by atoms with van der Waals surface area (Å²) in [5, 5.41) is 0.0470. The molecule has 0 N–H and O–H groups in total. The quantitative estimate of drug-likeness (QED) is 0.104. The molecule has 1 saturated carbocycles. The monoisotopic (exact) mass is 1000 g/mol. The van der Waals surface area contributed by atoms with Gasteiger partial charge in [-0.05, 0) is 107 Å². The smallest absolute Gasteiger partial charge is 0.417 e. The fraction of sp³-hybridized carbons (Fsp3) is 0.509. The minimum atomic E-state index is -5.17. The predicted molar refractivity (Wildman–Crippen MR) is 259 cm³/mol. The Kier molecular flexibility index (Phi) is 13.0. The van der Waals surface area contributed by atoms with E-state index in [-0.39, 0.29) is 72.0 Å². The van der Waals surface area contributed by atoms with E-state index in [0.29, 0.717) is 48.7 Å². The van der Waals surface area contributed by atoms with E-state index in [4.69, 9.17) is 33.4 Å². The van der Waals surface area contributed by atoms with Crippen molar-refractivity contribution in [3.63, 3.8) is 0 Å². The van der Waals surface area contributed by atoms with Gasteiger partial charge in [-0.2, -0.15) is 23.1 Å². The average molecular weight is 1000 g/mol. The summed E-state index contributed by atoms with van der Waals surface area (Å²) in [6.45, 7) is 12.4. The van der Waals surface area contributed by atoms with E-state index in [1.54, 1.807) is 86.0 Å². The first-order chi connectivity index (χ1) is 34.3. The number of amides is 1. The fourth-order valence-electron chi connectivity index (χ4n) is 10.9. The minimum absolute atomic E-state index is 0.0424. The van der Waals surface area contributed by atoms with Crippen LogP contribution in [0.3, 0.4) is 0 Å². The van der Waals surface area contributed by atoms with Crippen molar-refractivity contribution >= 4 is 28.5 Å². The lowest BCUT2D eigenvalue weighted by atomic mass is 9.95. The summed E-state index contributed by atoms with van der Waals surface area (Å²) in [4.78, 5) is 35.8. The average Bonchev–Trinajstić information content (AvgIpc) is 4.06. The number of fused-ring (bicyclic) bond motifs is 5. The van der Waals surface area contributed by atoms with E-state index in [2.05, 4.69) is 14.9 Å². The fourth-order valence-corrected chi connectivity index (χ4v) is 10.9. The maximum Gasteiger partial charge on any atom is 0.417 e. The highest BCUT2D eigenvalue weighted by molar-refractivity contribution is 5.98. The van der Waals surface area contributed by atoms with Gasteiger partial charge < -0.3 is 38.2 Å². The zero-order valence-electron chi connectivity index (χ0n) is 41.6. The van der Waals surface area contributed by atoms with Crippen LogP contribution in [0.2, 0.25) is 0 Å². The lowest BCUT2D eigenvalue weighted by Crippen LogP contribution is -2.65. The molecule has 0 radical (unpaired) electrons. The number of carbonyl (C=O) groups is 1. The second-order valence-electron chi connectivity index (χ2n) is 20.8. The first-order valence-corrected chi connectivity index (χ1v) is 24.5. The van der Waals surface area contributed by atoms with Crippen molar-refractivity contribution in [1.82, 2.24) is 24.8 Å². The third-order valence-electron chi connectivity index (χ3n) is 14.6. The molecule has 1 aliphatic carbocycles. The van der Waals surface area contributed by atoms with Crippen LogP contribution >= 0.6 is 0 Å². The highest BCUT2D eigenvalue weighted by atomic mass is 19.4. The van der Waals surface area contributed by atoms with E-state index in [9.17, 15) is 4.79 Å². The number of benzene rings is 3. The topological polar surface area (TPSA) is 124 Å². The summed E-state index contributed by atoms with van der Waals surface area (Å²) < 4.78 is 117. The molecule has 19 heteroatoms. The maximum absolute atomic E-state index is 18.1. The van der Waals surface area contributed by atoms with Gasteiger partial charge >= 0.3 is 18.3 Å². The molecule has 1 amide bonds. The van der Waals surface area contributed by atoms with E-state index >= 15 is 22.0 Å². The van der Waals surface area contributed by atoms with Gasteiger partial charge in [-0.1, -0.05) is 24.3 Å². The first kappa shape index (κ1) is 49.4. The number of rotatable bonds is 13. The molecular weight excluding hydrogens is 942 g/mol. The number of halogens is 5. The molecule has 384 valence electrons. The molecule has 3 aromatic carbocycles. The van der Waals surface area contributed by atoms with Crippen molar-refractivity contribution < 1.29 is 55.2 Å². The van der Waals surface area contributed by atoms with Gasteiger partial charge in [0.1, 0.15) is 51.4 Å². The van der Waals surface area contributed by atoms with Crippen molar-refractivity contribution in [3.05, 3.63) is 88.5 Å². The molecule has 10 rings (SSSR count). The van der Waals surface area contributed by atoms with Crippen molar-refractivity contribution in [1.29, 1.82) is 0 Å². The molecule has 4 atom stereocenters. The molecule has 72 heavy (non-hydrogen) atoms. The third kappa shape index (κ3) is 9.61. The normalized spacial score (nSPS) is 21.4. The van der Waals surface area contributed by atoms with Crippen LogP contribution in [0.4, 0.5) is 38.3 Å². The second-order valence-corrected chi connectivity index (χ2v) is 20.8. The number of piperazine rings is 1. The summed E-state index contributed by atoms with van der Waals surface area (Å²) in [5.41, 5.74) is -3.76. The van der Waals surface area contributed by atoms with E-state index in [1.165, 1.54) is 14.2 Å². The lowest BCUT2D eigenvalue weighted by Gasteiger charge is -2.48. The highest BCUT2D eigenvalue weighted by Crippen LogP contribution is 2.51. The van der Waals surface area contributed by atoms with Crippen molar-refractivity contribution in [2.45, 2.75) is 109 Å². The van der Waals surface area contributed by atoms with Crippen LogP contribution in [-0.4, -0.2) is 121 Å². The highest BCUT2D eigenvalue weighted by Gasteiger charge is 2.54. The molecule has 5 aromatic rings. The number of anilines is 2. The zero-order valence-corrected chi connectivity index (χ0v) is 41.6. The molecule has 4 fully saturated rings. The Labute approximate surface area is 415 Å². The number of alkyl halides is 3. The molecule has 4 aliphatic heterocycles. The van der Waals surface area contributed by atoms with Gasteiger partial charge in [0.15, 0.2) is 5.82 Å². The Bertz CT molecular complexity index is 2790. The second kappa shape index (κ2) is 19.0. The third-order valence-corrected chi connectivity index (χ3v) is 14.6. The Morgan fingerprint density at radius 2 is 1.53 bits per heavy atom. The summed E-state index contributed by atoms with van der Waals surface area (Å²) in [7, 11) is 3.06. The zero-order chi connectivity index (χ0) is 50.9. The number of morpholine rings is 1. The van der Waals surface area contributed by atoms with Gasteiger partial charge in [-0.25, -0.2) is 18.6 Å². The largest absolute Gasteiger partial charge is 0.497 e. The molecule has 3 saturated heterocycles. The Balaban J connectivity index is 1.13. The van der Waals surface area contributed by atoms with Crippen LogP contribution in [0.25, 0.3) is 22.2 Å². The van der Waals surface area contributed by atoms with Gasteiger partial charge in [0.2, 0.25) is 5.88 Å². The molecule has 0 unspecified atom stereocenters. The Hall–Kier alpha value is -6.21. The molecular formula is C53H60F5N7O7. The summed E-state index contributed by atoms with van der Waals surface area (Å²) in [6.07, 6.45) is -3.38. The number of ether oxygens (including phenoxy) is 6. The summed E-state index contributed by atoms with van der Waals surface area (Å²) in [5.74, 6) is -1.14. The van der Waals surface area contributed by atoms with Crippen LogP contribution in [-0.2, 0) is 28.7 Å². The molecule has 0 spiro atoms. The standard InChI is InChI=1S/C53H60F5N7O7/c1-30-41(53(56,57)58)37(24-39(42(30)54)63(25-32-8-13-35(67-6)14-9-32)26-33-10-15-36(68-7)16-11-33)44-43(55)45-40-47(61-49(60-45)70-29-52(18-19-52)28-62-20-22-69-23-21-62)64-27-34-12-17-38(46(64)31(2)71-48(40)59-44)65(34)50(66)72-51(3,4)5/h8-11,13-16,24,31,34,38,46H,12,17-23,25-29H2,1-7H3/t31-,34+,38-,46+/m0/s1. The van der Waals surface area contributed by atoms with E-state index in [0.717, 1.165) is 45.5 Å². The van der Waals surface area contributed by atoms with Crippen molar-refractivity contribution in [2.24, 2.45) is 5.41 Å². The minimum Gasteiger partial charge on any atom is -0.497 e. The van der Waals surface area contributed by atoms with Gasteiger partial charge in [-0.3, -0.25) is 9.80 Å². The molecule has 6 heterocycles. The molecule has 5 aliphatic rings. The number of hydrogen-bond acceptors (Lipinski definition) is 13. The first-order valence-electron chi connectivity index (χ1n) is 24.5. The van der Waals surface area contributed by atoms with Crippen LogP contribution in [0.15, 0.2) is 54.6 Å². The molecule has 2 bridgehead atoms. The van der Waals surface area contributed by atoms with Crippen LogP contribution < -0.4 is 28.7 Å². The van der Waals surface area contributed by atoms with E-state index in [1.807, 2.05) is 4.90 Å². The van der Waals surface area contributed by atoms with Gasteiger partial charge in [-0.15, -0.1) is 0 Å². The van der Waals surface area contributed by atoms with Crippen molar-refractivity contribution in [3.8, 4) is 34.6 Å². The van der Waals surface area contributed by atoms with Crippen molar-refractivity contribution in [2.75, 3.05) is 70.0 Å². The Morgan fingerprint density at radius 1 is 0.889 bits per heavy atom. The lowest BCUT2D eigenvalue weighted by molar-refractivity contribution is -0.137. The summed E-state index contributed by atoms with van der Waals surface area (Å²) in [6, 6.07) is 13.6. The van der Waals surface area contributed by atoms with Crippen LogP contribution in [0, 0.1) is 24.0 Å². The molecule has 14 nitrogen and oxygen atoms in total. The number of nitrogens with zero attached hydrogens (tertiary/aromatic N) is 7. The molecule has 2 aromatic heterocycles. The number of pyridine rings is 1. The van der Waals surface area contributed by atoms with Gasteiger partial charge in [0.05, 0.1) is 63.4 Å². The van der Waals surface area contributed by atoms with Crippen LogP contribution in [0.1, 0.15) is 75.6 Å². The predicted octanol–water partition coefficient (Wildman–Crippen LogP) is 9.75. The summed E-state index contributed by atoms with van der Waals surface area (Å²) >= 11 is 0. The number of aromatic nitrogens is 3. The van der Waals surface area contributed by atoms with Crippen LogP contribution in [0.5, 0.6) is 23.4 Å². The SMILES string of the molecule is COc1ccc(CN(Cc2ccc(OC)cc2)c2cc(-c3nc4c5c(nc(OCC6(CN7CCOCC7)CC6)nc5c3F)N3C[C@H]5CC[C@@H]([C@H]3[C@H](C)O4)N5C(=O)OC(C)(C)C)c(C(F)(F)F)c(C)c2F)cc1.